The summed E-state index contributed by atoms with van der Waals surface area (Å²) in [4.78, 5) is 25.7. The zero-order chi connectivity index (χ0) is 20.4. The molecule has 0 unspecified atom stereocenters. The van der Waals surface area contributed by atoms with Gasteiger partial charge < -0.3 is 20.3 Å². The molecule has 2 aliphatic heterocycles. The van der Waals surface area contributed by atoms with Crippen LogP contribution in [0.25, 0.3) is 5.57 Å². The maximum Gasteiger partial charge on any atom is 0.308 e. The van der Waals surface area contributed by atoms with Crippen molar-refractivity contribution in [2.45, 2.75) is 12.8 Å². The Kier molecular flexibility index (Phi) is 5.20. The summed E-state index contributed by atoms with van der Waals surface area (Å²) in [6.45, 7) is 1.20. The molecule has 0 aromatic heterocycles. The average molecular weight is 395 g/mol. The lowest BCUT2D eigenvalue weighted by molar-refractivity contribution is -0.146. The number of halogens is 1. The third kappa shape index (κ3) is 3.81. The predicted octanol–water partition coefficient (Wildman–Crippen LogP) is 3.62. The Morgan fingerprint density at radius 1 is 1.24 bits per heavy atom. The topological polar surface area (TPSA) is 70.7 Å². The molecule has 150 valence electrons. The zero-order valence-corrected chi connectivity index (χ0v) is 16.1. The van der Waals surface area contributed by atoms with Gasteiger partial charge in [-0.25, -0.2) is 4.39 Å². The highest BCUT2D eigenvalue weighted by Crippen LogP contribution is 2.32. The number of anilines is 3. The molecule has 2 aromatic rings. The number of amides is 1. The van der Waals surface area contributed by atoms with Crippen LogP contribution in [-0.2, 0) is 14.3 Å². The molecule has 0 bridgehead atoms. The van der Waals surface area contributed by atoms with Crippen molar-refractivity contribution in [2.75, 3.05) is 35.7 Å². The van der Waals surface area contributed by atoms with E-state index in [1.54, 1.807) is 18.3 Å². The quantitative estimate of drug-likeness (QED) is 0.611. The van der Waals surface area contributed by atoms with Crippen molar-refractivity contribution < 1.29 is 18.7 Å². The number of carbonyl (C=O) groups is 2. The Balaban J connectivity index is 1.45. The van der Waals surface area contributed by atoms with E-state index in [0.717, 1.165) is 11.3 Å². The minimum atomic E-state index is -0.346. The minimum absolute atomic E-state index is 0.118. The van der Waals surface area contributed by atoms with E-state index in [-0.39, 0.29) is 23.6 Å². The first-order chi connectivity index (χ1) is 14.1. The molecule has 1 saturated heterocycles. The molecule has 0 radical (unpaired) electrons. The third-order valence-corrected chi connectivity index (χ3v) is 5.41. The predicted molar refractivity (Wildman–Crippen MR) is 110 cm³/mol. The van der Waals surface area contributed by atoms with E-state index >= 15 is 0 Å². The van der Waals surface area contributed by atoms with Gasteiger partial charge in [0.25, 0.3) is 5.91 Å². The van der Waals surface area contributed by atoms with Crippen LogP contribution in [0.4, 0.5) is 21.5 Å². The van der Waals surface area contributed by atoms with E-state index in [0.29, 0.717) is 42.9 Å². The molecule has 1 amide bonds. The van der Waals surface area contributed by atoms with Crippen LogP contribution in [0.5, 0.6) is 0 Å². The van der Waals surface area contributed by atoms with Gasteiger partial charge in [-0.05, 0) is 37.1 Å². The highest BCUT2D eigenvalue weighted by atomic mass is 19.1. The van der Waals surface area contributed by atoms with Crippen LogP contribution in [-0.4, -0.2) is 32.1 Å². The van der Waals surface area contributed by atoms with Gasteiger partial charge in [0.2, 0.25) is 0 Å². The number of nitrogens with one attached hydrogen (secondary N) is 2. The highest BCUT2D eigenvalue weighted by molar-refractivity contribution is 6.31. The molecule has 0 aliphatic carbocycles. The number of ether oxygens (including phenoxy) is 1. The van der Waals surface area contributed by atoms with E-state index in [1.165, 1.54) is 13.2 Å². The van der Waals surface area contributed by atoms with Gasteiger partial charge in [-0.2, -0.15) is 0 Å². The van der Waals surface area contributed by atoms with Crippen molar-refractivity contribution in [1.29, 1.82) is 0 Å². The number of benzene rings is 2. The first-order valence-electron chi connectivity index (χ1n) is 9.56. The van der Waals surface area contributed by atoms with Gasteiger partial charge in [-0.3, -0.25) is 9.59 Å². The molecule has 2 heterocycles. The van der Waals surface area contributed by atoms with Crippen LogP contribution in [0.3, 0.4) is 0 Å². The van der Waals surface area contributed by atoms with Gasteiger partial charge >= 0.3 is 5.97 Å². The van der Waals surface area contributed by atoms with Gasteiger partial charge in [-0.1, -0.05) is 18.2 Å². The molecule has 29 heavy (non-hydrogen) atoms. The highest BCUT2D eigenvalue weighted by Gasteiger charge is 2.27. The number of rotatable bonds is 4. The molecule has 0 atom stereocenters. The zero-order valence-electron chi connectivity index (χ0n) is 16.1. The molecule has 1 fully saturated rings. The second-order valence-corrected chi connectivity index (χ2v) is 7.15. The van der Waals surface area contributed by atoms with E-state index in [1.807, 2.05) is 29.2 Å². The van der Waals surface area contributed by atoms with Crippen molar-refractivity contribution in [3.63, 3.8) is 0 Å². The Bertz CT molecular complexity index is 981. The fourth-order valence-electron chi connectivity index (χ4n) is 3.81. The molecule has 6 nitrogen and oxygen atoms in total. The molecule has 2 N–H and O–H groups in total. The summed E-state index contributed by atoms with van der Waals surface area (Å²) in [7, 11) is 1.39. The van der Waals surface area contributed by atoms with Crippen LogP contribution in [0.15, 0.2) is 48.7 Å². The second-order valence-electron chi connectivity index (χ2n) is 7.15. The van der Waals surface area contributed by atoms with Crippen molar-refractivity contribution in [3.8, 4) is 0 Å². The third-order valence-electron chi connectivity index (χ3n) is 5.41. The minimum Gasteiger partial charge on any atom is -0.469 e. The molecule has 7 heteroatoms. The largest absolute Gasteiger partial charge is 0.469 e. The summed E-state index contributed by atoms with van der Waals surface area (Å²) >= 11 is 0. The van der Waals surface area contributed by atoms with Crippen LogP contribution in [0.1, 0.15) is 18.4 Å². The van der Waals surface area contributed by atoms with Crippen LogP contribution < -0.4 is 15.5 Å². The summed E-state index contributed by atoms with van der Waals surface area (Å²) in [6, 6.07) is 12.3. The van der Waals surface area contributed by atoms with Gasteiger partial charge in [-0.15, -0.1) is 0 Å². The summed E-state index contributed by atoms with van der Waals surface area (Å²) < 4.78 is 19.5. The molecule has 2 aliphatic rings. The summed E-state index contributed by atoms with van der Waals surface area (Å²) in [5.74, 6) is -0.854. The van der Waals surface area contributed by atoms with Gasteiger partial charge in [0, 0.05) is 36.2 Å². The van der Waals surface area contributed by atoms with Crippen molar-refractivity contribution in [1.82, 2.24) is 0 Å². The lowest BCUT2D eigenvalue weighted by atomic mass is 9.96. The van der Waals surface area contributed by atoms with Crippen LogP contribution in [0, 0.1) is 11.7 Å². The molecule has 0 spiro atoms. The number of methoxy groups -OCH3 is 1. The van der Waals surface area contributed by atoms with E-state index in [4.69, 9.17) is 4.74 Å². The molecule has 4 rings (SSSR count). The van der Waals surface area contributed by atoms with Crippen molar-refractivity contribution in [3.05, 3.63) is 60.0 Å². The smallest absolute Gasteiger partial charge is 0.308 e. The van der Waals surface area contributed by atoms with Crippen molar-refractivity contribution in [2.24, 2.45) is 5.92 Å². The van der Waals surface area contributed by atoms with Crippen molar-refractivity contribution >= 4 is 34.5 Å². The second kappa shape index (κ2) is 7.95. The number of hydrogen-bond acceptors (Lipinski definition) is 5. The fourth-order valence-corrected chi connectivity index (χ4v) is 3.81. The Morgan fingerprint density at radius 2 is 2.00 bits per heavy atom. The van der Waals surface area contributed by atoms with Crippen LogP contribution in [0.2, 0.25) is 0 Å². The normalized spacial score (nSPS) is 17.8. The number of nitrogens with zero attached hydrogens (tertiary/aromatic N) is 1. The van der Waals surface area contributed by atoms with Gasteiger partial charge in [0.1, 0.15) is 5.82 Å². The first-order valence-corrected chi connectivity index (χ1v) is 9.56. The standard InChI is InChI=1S/C22H22FN3O3/c1-29-22(28)14-8-10-26(11-9-14)20-7-6-15(12-18(20)23)24-13-17-16-4-2-3-5-19(16)25-21(17)27/h2-7,12-14,24H,8-11H2,1H3,(H,25,27)/b17-13-. The first kappa shape index (κ1) is 19.0. The number of esters is 1. The molecule has 2 aromatic carbocycles. The van der Waals surface area contributed by atoms with E-state index in [9.17, 15) is 14.0 Å². The Labute approximate surface area is 168 Å². The number of carbonyl (C=O) groups excluding carboxylic acids is 2. The molecular formula is C22H22FN3O3. The molecular weight excluding hydrogens is 373 g/mol. The van der Waals surface area contributed by atoms with Gasteiger partial charge in [0.05, 0.1) is 24.3 Å². The van der Waals surface area contributed by atoms with Crippen LogP contribution >= 0.6 is 0 Å². The number of para-hydroxylation sites is 1. The lowest BCUT2D eigenvalue weighted by Crippen LogP contribution is -2.37. The molecule has 0 saturated carbocycles. The SMILES string of the molecule is COC(=O)C1CCN(c2ccc(N/C=C3\C(=O)Nc4ccccc43)cc2F)CC1. The lowest BCUT2D eigenvalue weighted by Gasteiger charge is -2.32. The summed E-state index contributed by atoms with van der Waals surface area (Å²) in [5, 5.41) is 5.82. The average Bonchev–Trinajstić information content (AvgIpc) is 3.07. The maximum atomic E-state index is 14.7. The van der Waals surface area contributed by atoms with E-state index in [2.05, 4.69) is 10.6 Å². The summed E-state index contributed by atoms with van der Waals surface area (Å²) in [6.07, 6.45) is 2.89. The number of piperidine rings is 1. The maximum absolute atomic E-state index is 14.7. The number of fused-ring (bicyclic) bond motifs is 1. The van der Waals surface area contributed by atoms with Gasteiger partial charge in [0.15, 0.2) is 0 Å². The fraction of sp³-hybridized carbons (Fsp3) is 0.273. The van der Waals surface area contributed by atoms with E-state index < -0.39 is 0 Å². The number of hydrogen-bond donors (Lipinski definition) is 2. The summed E-state index contributed by atoms with van der Waals surface area (Å²) in [5.41, 5.74) is 3.16. The monoisotopic (exact) mass is 395 g/mol. The Morgan fingerprint density at radius 3 is 2.72 bits per heavy atom. The Hall–Kier alpha value is -3.35.